The van der Waals surface area contributed by atoms with E-state index in [-0.39, 0.29) is 0 Å². The van der Waals surface area contributed by atoms with Crippen LogP contribution in [-0.2, 0) is 4.79 Å². The Balaban J connectivity index is 2.88. The Morgan fingerprint density at radius 2 is 1.93 bits per heavy atom. The standard InChI is InChI=1S/C9H9N2O3/c10-9(8(6-12)11(13)14)7-4-2-1-3-5-7/h1-5,8-9H,10H2. The van der Waals surface area contributed by atoms with Gasteiger partial charge in [-0.3, -0.25) is 14.9 Å². The molecule has 0 bridgehead atoms. The van der Waals surface area contributed by atoms with Crippen molar-refractivity contribution in [1.82, 2.24) is 0 Å². The van der Waals surface area contributed by atoms with Crippen LogP contribution in [0, 0.1) is 10.1 Å². The van der Waals surface area contributed by atoms with E-state index in [1.165, 1.54) is 6.29 Å². The van der Waals surface area contributed by atoms with Gasteiger partial charge in [0.05, 0.1) is 0 Å². The zero-order valence-electron chi connectivity index (χ0n) is 7.29. The maximum Gasteiger partial charge on any atom is 0.297 e. The van der Waals surface area contributed by atoms with E-state index >= 15 is 0 Å². The van der Waals surface area contributed by atoms with Gasteiger partial charge >= 0.3 is 0 Å². The SMILES string of the molecule is NC(c1ccccc1)C([C]=O)[N+](=O)[O-]. The molecule has 0 aromatic heterocycles. The van der Waals surface area contributed by atoms with Gasteiger partial charge in [-0.15, -0.1) is 0 Å². The van der Waals surface area contributed by atoms with Crippen molar-refractivity contribution >= 4 is 6.29 Å². The second kappa shape index (κ2) is 4.48. The Kier molecular flexibility index (Phi) is 3.30. The summed E-state index contributed by atoms with van der Waals surface area (Å²) in [6, 6.07) is 6.01. The highest BCUT2D eigenvalue weighted by Gasteiger charge is 2.29. The van der Waals surface area contributed by atoms with Gasteiger partial charge in [0.2, 0.25) is 0 Å². The summed E-state index contributed by atoms with van der Waals surface area (Å²) in [7, 11) is 0. The van der Waals surface area contributed by atoms with Crippen molar-refractivity contribution < 1.29 is 9.72 Å². The summed E-state index contributed by atoms with van der Waals surface area (Å²) in [6.45, 7) is 0. The van der Waals surface area contributed by atoms with Crippen LogP contribution < -0.4 is 5.73 Å². The summed E-state index contributed by atoms with van der Waals surface area (Å²) in [5.74, 6) is 0. The minimum absolute atomic E-state index is 0.553. The zero-order chi connectivity index (χ0) is 10.6. The topological polar surface area (TPSA) is 86.2 Å². The number of hydrogen-bond acceptors (Lipinski definition) is 4. The van der Waals surface area contributed by atoms with Crippen molar-refractivity contribution in [3.63, 3.8) is 0 Å². The molecule has 0 saturated carbocycles. The summed E-state index contributed by atoms with van der Waals surface area (Å²) >= 11 is 0. The molecule has 0 aliphatic rings. The normalized spacial score (nSPS) is 14.4. The fraction of sp³-hybridized carbons (Fsp3) is 0.222. The average molecular weight is 193 g/mol. The van der Waals surface area contributed by atoms with Crippen LogP contribution in [0.5, 0.6) is 0 Å². The number of rotatable bonds is 4. The summed E-state index contributed by atoms with van der Waals surface area (Å²) in [6.07, 6.45) is 1.33. The van der Waals surface area contributed by atoms with E-state index in [0.29, 0.717) is 5.56 Å². The van der Waals surface area contributed by atoms with Gasteiger partial charge in [-0.05, 0) is 5.56 Å². The summed E-state index contributed by atoms with van der Waals surface area (Å²) < 4.78 is 0. The molecule has 0 aliphatic heterocycles. The average Bonchev–Trinajstić information content (AvgIpc) is 2.19. The first kappa shape index (κ1) is 10.3. The van der Waals surface area contributed by atoms with Crippen molar-refractivity contribution in [2.45, 2.75) is 12.1 Å². The maximum absolute atomic E-state index is 10.4. The molecule has 2 unspecified atom stereocenters. The van der Waals surface area contributed by atoms with Gasteiger partial charge in [0.1, 0.15) is 6.04 Å². The molecule has 1 radical (unpaired) electrons. The molecule has 0 spiro atoms. The Bertz CT molecular complexity index is 326. The molecular formula is C9H9N2O3. The molecule has 14 heavy (non-hydrogen) atoms. The second-order valence-electron chi connectivity index (χ2n) is 2.78. The Labute approximate surface area is 80.7 Å². The lowest BCUT2D eigenvalue weighted by Gasteiger charge is -2.11. The molecule has 1 aromatic carbocycles. The van der Waals surface area contributed by atoms with E-state index < -0.39 is 17.0 Å². The van der Waals surface area contributed by atoms with E-state index in [9.17, 15) is 14.9 Å². The molecule has 0 saturated heterocycles. The minimum atomic E-state index is -1.50. The number of nitro groups is 1. The highest BCUT2D eigenvalue weighted by Crippen LogP contribution is 2.14. The predicted octanol–water partition coefficient (Wildman–Crippen LogP) is 0.441. The summed E-state index contributed by atoms with van der Waals surface area (Å²) in [4.78, 5) is 20.0. The monoisotopic (exact) mass is 193 g/mol. The third kappa shape index (κ3) is 2.14. The molecule has 2 atom stereocenters. The number of nitrogens with zero attached hydrogens (tertiary/aromatic N) is 1. The molecule has 1 aromatic rings. The molecule has 73 valence electrons. The lowest BCUT2D eigenvalue weighted by molar-refractivity contribution is -0.506. The van der Waals surface area contributed by atoms with Gasteiger partial charge in [0, 0.05) is 4.92 Å². The summed E-state index contributed by atoms with van der Waals surface area (Å²) in [5.41, 5.74) is 6.10. The molecule has 2 N–H and O–H groups in total. The van der Waals surface area contributed by atoms with Crippen LogP contribution in [0.1, 0.15) is 11.6 Å². The van der Waals surface area contributed by atoms with Crippen LogP contribution >= 0.6 is 0 Å². The van der Waals surface area contributed by atoms with E-state index in [4.69, 9.17) is 5.73 Å². The fourth-order valence-corrected chi connectivity index (χ4v) is 1.11. The van der Waals surface area contributed by atoms with E-state index in [1.807, 2.05) is 0 Å². The van der Waals surface area contributed by atoms with Crippen LogP contribution in [0.15, 0.2) is 30.3 Å². The van der Waals surface area contributed by atoms with Crippen LogP contribution in [-0.4, -0.2) is 17.3 Å². The van der Waals surface area contributed by atoms with Gasteiger partial charge in [-0.25, -0.2) is 0 Å². The molecule has 5 heteroatoms. The van der Waals surface area contributed by atoms with Crippen LogP contribution in [0.2, 0.25) is 0 Å². The highest BCUT2D eigenvalue weighted by molar-refractivity contribution is 5.58. The first-order valence-electron chi connectivity index (χ1n) is 3.98. The number of nitrogens with two attached hydrogens (primary N) is 1. The van der Waals surface area contributed by atoms with Crippen LogP contribution in [0.25, 0.3) is 0 Å². The van der Waals surface area contributed by atoms with Gasteiger partial charge in [0.15, 0.2) is 0 Å². The number of benzene rings is 1. The highest BCUT2D eigenvalue weighted by atomic mass is 16.6. The third-order valence-electron chi connectivity index (χ3n) is 1.87. The zero-order valence-corrected chi connectivity index (χ0v) is 7.29. The molecular weight excluding hydrogens is 184 g/mol. The van der Waals surface area contributed by atoms with E-state index in [2.05, 4.69) is 0 Å². The molecule has 5 nitrogen and oxygen atoms in total. The van der Waals surface area contributed by atoms with Gasteiger partial charge in [-0.2, -0.15) is 0 Å². The Morgan fingerprint density at radius 1 is 1.36 bits per heavy atom. The van der Waals surface area contributed by atoms with Gasteiger partial charge in [0.25, 0.3) is 12.3 Å². The van der Waals surface area contributed by atoms with Gasteiger partial charge < -0.3 is 5.73 Å². The molecule has 1 rings (SSSR count). The van der Waals surface area contributed by atoms with Crippen molar-refractivity contribution in [3.05, 3.63) is 46.0 Å². The van der Waals surface area contributed by atoms with Crippen LogP contribution in [0.3, 0.4) is 0 Å². The van der Waals surface area contributed by atoms with Crippen molar-refractivity contribution in [2.75, 3.05) is 0 Å². The third-order valence-corrected chi connectivity index (χ3v) is 1.87. The van der Waals surface area contributed by atoms with Crippen LogP contribution in [0.4, 0.5) is 0 Å². The quantitative estimate of drug-likeness (QED) is 0.555. The lowest BCUT2D eigenvalue weighted by Crippen LogP contribution is -2.34. The first-order chi connectivity index (χ1) is 6.66. The molecule has 0 amide bonds. The number of hydrogen-bond donors (Lipinski definition) is 1. The molecule has 0 heterocycles. The largest absolute Gasteiger partial charge is 0.318 e. The van der Waals surface area contributed by atoms with E-state index in [0.717, 1.165) is 0 Å². The minimum Gasteiger partial charge on any atom is -0.318 e. The van der Waals surface area contributed by atoms with Crippen molar-refractivity contribution in [2.24, 2.45) is 5.73 Å². The van der Waals surface area contributed by atoms with Gasteiger partial charge in [-0.1, -0.05) is 30.3 Å². The first-order valence-corrected chi connectivity index (χ1v) is 3.98. The smallest absolute Gasteiger partial charge is 0.297 e. The summed E-state index contributed by atoms with van der Waals surface area (Å²) in [5, 5.41) is 10.4. The second-order valence-corrected chi connectivity index (χ2v) is 2.78. The molecule has 0 fully saturated rings. The number of carbonyl (C=O) groups excluding carboxylic acids is 1. The Hall–Kier alpha value is -1.75. The fourth-order valence-electron chi connectivity index (χ4n) is 1.11. The Morgan fingerprint density at radius 3 is 2.36 bits per heavy atom. The van der Waals surface area contributed by atoms with E-state index in [1.54, 1.807) is 30.3 Å². The van der Waals surface area contributed by atoms with Crippen molar-refractivity contribution in [3.8, 4) is 0 Å². The molecule has 0 aliphatic carbocycles. The lowest BCUT2D eigenvalue weighted by atomic mass is 10.0. The maximum atomic E-state index is 10.4. The predicted molar refractivity (Wildman–Crippen MR) is 49.8 cm³/mol. The van der Waals surface area contributed by atoms with Crippen molar-refractivity contribution in [1.29, 1.82) is 0 Å².